The Balaban J connectivity index is 2.43. The number of aromatic nitrogens is 1. The van der Waals surface area contributed by atoms with Gasteiger partial charge in [0.1, 0.15) is 4.90 Å². The van der Waals surface area contributed by atoms with Crippen LogP contribution in [0.25, 0.3) is 0 Å². The first kappa shape index (κ1) is 15.8. The largest absolute Gasteiger partial charge is 0.276 e. The van der Waals surface area contributed by atoms with Crippen molar-refractivity contribution in [3.05, 3.63) is 50.1 Å². The van der Waals surface area contributed by atoms with E-state index in [4.69, 9.17) is 11.6 Å². The molecule has 1 heterocycles. The molecule has 0 bridgehead atoms. The summed E-state index contributed by atoms with van der Waals surface area (Å²) in [5, 5.41) is 0.0833. The zero-order chi connectivity index (χ0) is 14.9. The van der Waals surface area contributed by atoms with Gasteiger partial charge in [-0.25, -0.2) is 13.4 Å². The van der Waals surface area contributed by atoms with E-state index in [1.54, 1.807) is 18.2 Å². The number of pyridine rings is 1. The molecule has 0 saturated carbocycles. The molecule has 0 atom stereocenters. The summed E-state index contributed by atoms with van der Waals surface area (Å²) >= 11 is 12.4. The van der Waals surface area contributed by atoms with Gasteiger partial charge < -0.3 is 0 Å². The molecular weight excluding hydrogens is 431 g/mol. The quantitative estimate of drug-likeness (QED) is 0.721. The van der Waals surface area contributed by atoms with Gasteiger partial charge in [0.25, 0.3) is 10.0 Å². The lowest BCUT2D eigenvalue weighted by molar-refractivity contribution is 0.600. The Hall–Kier alpha value is -0.630. The third-order valence-corrected chi connectivity index (χ3v) is 5.50. The van der Waals surface area contributed by atoms with Gasteiger partial charge in [-0.1, -0.05) is 17.7 Å². The Bertz CT molecular complexity index is 766. The Labute approximate surface area is 138 Å². The van der Waals surface area contributed by atoms with Gasteiger partial charge in [0.15, 0.2) is 5.15 Å². The normalized spacial score (nSPS) is 11.4. The lowest BCUT2D eigenvalue weighted by Crippen LogP contribution is -2.14. The summed E-state index contributed by atoms with van der Waals surface area (Å²) in [7, 11) is -3.74. The predicted molar refractivity (Wildman–Crippen MR) is 86.6 cm³/mol. The van der Waals surface area contributed by atoms with Crippen molar-refractivity contribution >= 4 is 59.2 Å². The van der Waals surface area contributed by atoms with Crippen LogP contribution in [0, 0.1) is 6.92 Å². The van der Waals surface area contributed by atoms with Crippen molar-refractivity contribution in [1.82, 2.24) is 4.98 Å². The summed E-state index contributed by atoms with van der Waals surface area (Å²) in [5.41, 5.74) is 1.17. The van der Waals surface area contributed by atoms with E-state index < -0.39 is 10.0 Å². The van der Waals surface area contributed by atoms with Crippen molar-refractivity contribution in [3.63, 3.8) is 0 Å². The number of benzene rings is 1. The standard InChI is InChI=1S/C12H9Br2ClN2O2S/c1-7-2-3-11(9(14)4-7)20(18,19)17-10-5-8(13)6-16-12(10)15/h2-6,17H,1H3. The van der Waals surface area contributed by atoms with Gasteiger partial charge in [-0.15, -0.1) is 0 Å². The van der Waals surface area contributed by atoms with Crippen LogP contribution in [-0.4, -0.2) is 13.4 Å². The number of aryl methyl sites for hydroxylation is 1. The van der Waals surface area contributed by atoms with Gasteiger partial charge >= 0.3 is 0 Å². The number of hydrogen-bond donors (Lipinski definition) is 1. The first-order valence-corrected chi connectivity index (χ1v) is 8.84. The van der Waals surface area contributed by atoms with Gasteiger partial charge in [0.2, 0.25) is 0 Å². The van der Waals surface area contributed by atoms with Crippen LogP contribution in [-0.2, 0) is 10.0 Å². The summed E-state index contributed by atoms with van der Waals surface area (Å²) in [6.07, 6.45) is 1.49. The summed E-state index contributed by atoms with van der Waals surface area (Å²) in [6.45, 7) is 1.88. The topological polar surface area (TPSA) is 59.1 Å². The van der Waals surface area contributed by atoms with E-state index in [0.29, 0.717) is 8.95 Å². The highest BCUT2D eigenvalue weighted by Gasteiger charge is 2.19. The van der Waals surface area contributed by atoms with Crippen LogP contribution in [0.15, 0.2) is 44.3 Å². The molecule has 20 heavy (non-hydrogen) atoms. The predicted octanol–water partition coefficient (Wildman–Crippen LogP) is 4.37. The van der Waals surface area contributed by atoms with Gasteiger partial charge in [0, 0.05) is 15.1 Å². The maximum atomic E-state index is 12.4. The molecule has 1 aromatic carbocycles. The monoisotopic (exact) mass is 438 g/mol. The molecule has 8 heteroatoms. The molecule has 0 fully saturated rings. The number of anilines is 1. The molecule has 2 rings (SSSR count). The lowest BCUT2D eigenvalue weighted by Gasteiger charge is -2.11. The van der Waals surface area contributed by atoms with Crippen molar-refractivity contribution in [1.29, 1.82) is 0 Å². The zero-order valence-corrected chi connectivity index (χ0v) is 14.9. The fourth-order valence-corrected chi connectivity index (χ4v) is 4.31. The number of nitrogens with one attached hydrogen (secondary N) is 1. The highest BCUT2D eigenvalue weighted by atomic mass is 79.9. The highest BCUT2D eigenvalue weighted by molar-refractivity contribution is 9.10. The first-order chi connectivity index (χ1) is 9.29. The number of rotatable bonds is 3. The molecule has 0 aliphatic heterocycles. The molecule has 0 aliphatic carbocycles. The summed E-state index contributed by atoms with van der Waals surface area (Å²) in [4.78, 5) is 4.01. The maximum Gasteiger partial charge on any atom is 0.263 e. The average molecular weight is 441 g/mol. The molecule has 106 valence electrons. The minimum atomic E-state index is -3.74. The molecule has 0 spiro atoms. The molecule has 0 radical (unpaired) electrons. The second kappa shape index (κ2) is 6.01. The zero-order valence-electron chi connectivity index (χ0n) is 10.2. The molecule has 0 saturated heterocycles. The second-order valence-electron chi connectivity index (χ2n) is 4.03. The molecule has 0 aliphatic rings. The average Bonchev–Trinajstić information content (AvgIpc) is 2.33. The van der Waals surface area contributed by atoms with Gasteiger partial charge in [-0.2, -0.15) is 0 Å². The molecule has 2 aromatic rings. The van der Waals surface area contributed by atoms with Crippen molar-refractivity contribution in [3.8, 4) is 0 Å². The summed E-state index contributed by atoms with van der Waals surface area (Å²) in [5.74, 6) is 0. The van der Waals surface area contributed by atoms with E-state index in [9.17, 15) is 8.42 Å². The Morgan fingerprint density at radius 2 is 1.95 bits per heavy atom. The van der Waals surface area contributed by atoms with Crippen molar-refractivity contribution in [2.75, 3.05) is 4.72 Å². The van der Waals surface area contributed by atoms with Gasteiger partial charge in [-0.05, 0) is 62.5 Å². The van der Waals surface area contributed by atoms with Crippen molar-refractivity contribution in [2.24, 2.45) is 0 Å². The second-order valence-corrected chi connectivity index (χ2v) is 7.81. The Morgan fingerprint density at radius 1 is 1.25 bits per heavy atom. The third kappa shape index (κ3) is 3.52. The van der Waals surface area contributed by atoms with E-state index in [-0.39, 0.29) is 15.7 Å². The van der Waals surface area contributed by atoms with Gasteiger partial charge in [-0.3, -0.25) is 4.72 Å². The molecule has 0 amide bonds. The summed E-state index contributed by atoms with van der Waals surface area (Å²) < 4.78 is 28.2. The van der Waals surface area contributed by atoms with E-state index in [2.05, 4.69) is 41.6 Å². The number of nitrogens with zero attached hydrogens (tertiary/aromatic N) is 1. The number of hydrogen-bond acceptors (Lipinski definition) is 3. The van der Waals surface area contributed by atoms with Crippen LogP contribution >= 0.6 is 43.5 Å². The number of sulfonamides is 1. The van der Waals surface area contributed by atoms with E-state index in [0.717, 1.165) is 5.56 Å². The third-order valence-electron chi connectivity index (χ3n) is 2.43. The van der Waals surface area contributed by atoms with E-state index >= 15 is 0 Å². The lowest BCUT2D eigenvalue weighted by atomic mass is 10.2. The minimum absolute atomic E-state index is 0.0833. The summed E-state index contributed by atoms with van der Waals surface area (Å²) in [6, 6.07) is 6.53. The molecule has 1 aromatic heterocycles. The van der Waals surface area contributed by atoms with Crippen LogP contribution in [0.2, 0.25) is 5.15 Å². The fraction of sp³-hybridized carbons (Fsp3) is 0.0833. The molecule has 1 N–H and O–H groups in total. The highest BCUT2D eigenvalue weighted by Crippen LogP contribution is 2.28. The van der Waals surface area contributed by atoms with Crippen LogP contribution in [0.5, 0.6) is 0 Å². The van der Waals surface area contributed by atoms with Crippen LogP contribution < -0.4 is 4.72 Å². The van der Waals surface area contributed by atoms with Crippen molar-refractivity contribution in [2.45, 2.75) is 11.8 Å². The van der Waals surface area contributed by atoms with Gasteiger partial charge in [0.05, 0.1) is 5.69 Å². The fourth-order valence-electron chi connectivity index (χ4n) is 1.52. The van der Waals surface area contributed by atoms with Crippen LogP contribution in [0.1, 0.15) is 5.56 Å². The van der Waals surface area contributed by atoms with Crippen LogP contribution in [0.4, 0.5) is 5.69 Å². The molecule has 4 nitrogen and oxygen atoms in total. The molecular formula is C12H9Br2ClN2O2S. The first-order valence-electron chi connectivity index (χ1n) is 5.39. The van der Waals surface area contributed by atoms with E-state index in [1.165, 1.54) is 12.3 Å². The molecule has 0 unspecified atom stereocenters. The smallest absolute Gasteiger partial charge is 0.263 e. The Morgan fingerprint density at radius 3 is 2.60 bits per heavy atom. The minimum Gasteiger partial charge on any atom is -0.276 e. The SMILES string of the molecule is Cc1ccc(S(=O)(=O)Nc2cc(Br)cnc2Cl)c(Br)c1. The van der Waals surface area contributed by atoms with E-state index in [1.807, 2.05) is 6.92 Å². The van der Waals surface area contributed by atoms with Crippen LogP contribution in [0.3, 0.4) is 0 Å². The Kier molecular flexibility index (Phi) is 4.73. The number of halogens is 3. The maximum absolute atomic E-state index is 12.4. The van der Waals surface area contributed by atoms with Crippen molar-refractivity contribution < 1.29 is 8.42 Å².